The minimum atomic E-state index is -0.164. The van der Waals surface area contributed by atoms with E-state index in [0.29, 0.717) is 29.4 Å². The van der Waals surface area contributed by atoms with Gasteiger partial charge in [-0.25, -0.2) is 0 Å². The van der Waals surface area contributed by atoms with Crippen molar-refractivity contribution in [3.8, 4) is 17.2 Å². The van der Waals surface area contributed by atoms with Gasteiger partial charge in [-0.1, -0.05) is 12.1 Å². The Morgan fingerprint density at radius 3 is 2.31 bits per heavy atom. The average Bonchev–Trinajstić information content (AvgIpc) is 2.77. The molecule has 2 N–H and O–H groups in total. The van der Waals surface area contributed by atoms with Gasteiger partial charge in [-0.15, -0.1) is 0 Å². The molecule has 0 radical (unpaired) electrons. The molecular weight excluding hydrogens is 370 g/mol. The van der Waals surface area contributed by atoms with Crippen molar-refractivity contribution in [2.45, 2.75) is 6.54 Å². The third kappa shape index (κ3) is 4.95. The number of anilines is 2. The van der Waals surface area contributed by atoms with Crippen LogP contribution >= 0.6 is 0 Å². The molecule has 0 aliphatic carbocycles. The second kappa shape index (κ2) is 9.45. The fourth-order valence-corrected chi connectivity index (χ4v) is 2.85. The Morgan fingerprint density at radius 1 is 0.931 bits per heavy atom. The van der Waals surface area contributed by atoms with Crippen molar-refractivity contribution < 1.29 is 19.0 Å². The summed E-state index contributed by atoms with van der Waals surface area (Å²) in [5, 5.41) is 6.16. The van der Waals surface area contributed by atoms with E-state index in [4.69, 9.17) is 14.2 Å². The Balaban J connectivity index is 1.75. The summed E-state index contributed by atoms with van der Waals surface area (Å²) >= 11 is 0. The van der Waals surface area contributed by atoms with Crippen LogP contribution in [0.25, 0.3) is 0 Å². The fraction of sp³-hybridized carbons (Fsp3) is 0.182. The topological polar surface area (TPSA) is 81.7 Å². The van der Waals surface area contributed by atoms with Gasteiger partial charge >= 0.3 is 0 Å². The maximum absolute atomic E-state index is 12.5. The monoisotopic (exact) mass is 393 g/mol. The van der Waals surface area contributed by atoms with Crippen molar-refractivity contribution in [2.24, 2.45) is 0 Å². The molecule has 29 heavy (non-hydrogen) atoms. The molecule has 0 aliphatic rings. The fourth-order valence-electron chi connectivity index (χ4n) is 2.85. The van der Waals surface area contributed by atoms with E-state index in [0.717, 1.165) is 16.9 Å². The first-order valence-electron chi connectivity index (χ1n) is 8.98. The number of aromatic nitrogens is 1. The number of carbonyl (C=O) groups excluding carboxylic acids is 1. The second-order valence-corrected chi connectivity index (χ2v) is 6.16. The molecule has 3 rings (SSSR count). The van der Waals surface area contributed by atoms with Crippen molar-refractivity contribution in [3.63, 3.8) is 0 Å². The van der Waals surface area contributed by atoms with Gasteiger partial charge in [0.1, 0.15) is 0 Å². The molecule has 7 heteroatoms. The molecule has 1 aromatic heterocycles. The van der Waals surface area contributed by atoms with Gasteiger partial charge in [0.25, 0.3) is 5.91 Å². The van der Waals surface area contributed by atoms with E-state index >= 15 is 0 Å². The minimum Gasteiger partial charge on any atom is -0.493 e. The smallest absolute Gasteiger partial charge is 0.251 e. The summed E-state index contributed by atoms with van der Waals surface area (Å²) in [5.74, 6) is 1.44. The van der Waals surface area contributed by atoms with Crippen molar-refractivity contribution in [1.29, 1.82) is 0 Å². The molecule has 0 saturated heterocycles. The van der Waals surface area contributed by atoms with Crippen molar-refractivity contribution in [2.75, 3.05) is 26.6 Å². The maximum atomic E-state index is 12.5. The maximum Gasteiger partial charge on any atom is 0.251 e. The summed E-state index contributed by atoms with van der Waals surface area (Å²) in [6.07, 6.45) is 3.42. The molecule has 0 saturated carbocycles. The Hall–Kier alpha value is -3.74. The number of pyridine rings is 1. The molecule has 0 bridgehead atoms. The Labute approximate surface area is 169 Å². The molecule has 2 aromatic carbocycles. The van der Waals surface area contributed by atoms with E-state index in [1.807, 2.05) is 24.3 Å². The van der Waals surface area contributed by atoms with Crippen LogP contribution in [0.2, 0.25) is 0 Å². The number of nitrogens with zero attached hydrogens (tertiary/aromatic N) is 1. The molecule has 1 amide bonds. The second-order valence-electron chi connectivity index (χ2n) is 6.16. The van der Waals surface area contributed by atoms with Gasteiger partial charge in [0.05, 0.1) is 21.3 Å². The van der Waals surface area contributed by atoms with Crippen LogP contribution in [0.4, 0.5) is 11.4 Å². The predicted molar refractivity (Wildman–Crippen MR) is 111 cm³/mol. The number of methoxy groups -OCH3 is 3. The standard InChI is InChI=1S/C22H23N3O4/c1-27-19-11-18(12-20(28-2)21(19)29-3)25-17-8-4-7-16(10-17)22(26)24-14-15-6-5-9-23-13-15/h4-13,25H,14H2,1-3H3,(H,24,26). The number of amides is 1. The number of carbonyl (C=O) groups is 1. The number of ether oxygens (including phenoxy) is 3. The third-order valence-electron chi connectivity index (χ3n) is 4.25. The first kappa shape index (κ1) is 20.0. The van der Waals surface area contributed by atoms with E-state index in [1.165, 1.54) is 0 Å². The van der Waals surface area contributed by atoms with Gasteiger partial charge in [0.15, 0.2) is 11.5 Å². The van der Waals surface area contributed by atoms with Gasteiger partial charge < -0.3 is 24.8 Å². The number of rotatable bonds is 8. The minimum absolute atomic E-state index is 0.164. The predicted octanol–water partition coefficient (Wildman–Crippen LogP) is 3.78. The lowest BCUT2D eigenvalue weighted by atomic mass is 10.1. The molecule has 0 unspecified atom stereocenters. The lowest BCUT2D eigenvalue weighted by Crippen LogP contribution is -2.22. The molecule has 3 aromatic rings. The van der Waals surface area contributed by atoms with Crippen LogP contribution in [0.15, 0.2) is 60.9 Å². The molecule has 0 spiro atoms. The molecule has 150 valence electrons. The summed E-state index contributed by atoms with van der Waals surface area (Å²) in [4.78, 5) is 16.5. The van der Waals surface area contributed by atoms with E-state index in [-0.39, 0.29) is 5.91 Å². The summed E-state index contributed by atoms with van der Waals surface area (Å²) in [6, 6.07) is 14.6. The van der Waals surface area contributed by atoms with E-state index in [9.17, 15) is 4.79 Å². The Kier molecular flexibility index (Phi) is 6.52. The highest BCUT2D eigenvalue weighted by atomic mass is 16.5. The summed E-state index contributed by atoms with van der Waals surface area (Å²) < 4.78 is 16.1. The molecule has 0 atom stereocenters. The van der Waals surface area contributed by atoms with Crippen molar-refractivity contribution in [3.05, 3.63) is 72.1 Å². The first-order valence-corrected chi connectivity index (χ1v) is 8.98. The lowest BCUT2D eigenvalue weighted by molar-refractivity contribution is 0.0951. The zero-order chi connectivity index (χ0) is 20.6. The lowest BCUT2D eigenvalue weighted by Gasteiger charge is -2.15. The third-order valence-corrected chi connectivity index (χ3v) is 4.25. The number of nitrogens with one attached hydrogen (secondary N) is 2. The largest absolute Gasteiger partial charge is 0.493 e. The van der Waals surface area contributed by atoms with Gasteiger partial charge in [-0.3, -0.25) is 9.78 Å². The van der Waals surface area contributed by atoms with Crippen LogP contribution in [0, 0.1) is 0 Å². The average molecular weight is 393 g/mol. The van der Waals surface area contributed by atoms with Crippen LogP contribution < -0.4 is 24.8 Å². The van der Waals surface area contributed by atoms with Crippen LogP contribution in [0.3, 0.4) is 0 Å². The zero-order valence-corrected chi connectivity index (χ0v) is 16.6. The van der Waals surface area contributed by atoms with Crippen molar-refractivity contribution >= 4 is 17.3 Å². The summed E-state index contributed by atoms with van der Waals surface area (Å²) in [5.41, 5.74) is 2.99. The first-order chi connectivity index (χ1) is 14.1. The van der Waals surface area contributed by atoms with Crippen LogP contribution in [0.1, 0.15) is 15.9 Å². The van der Waals surface area contributed by atoms with E-state index < -0.39 is 0 Å². The molecule has 1 heterocycles. The Bertz CT molecular complexity index is 952. The highest BCUT2D eigenvalue weighted by Crippen LogP contribution is 2.40. The van der Waals surface area contributed by atoms with Gasteiger partial charge in [-0.05, 0) is 29.8 Å². The van der Waals surface area contributed by atoms with Crippen molar-refractivity contribution in [1.82, 2.24) is 10.3 Å². The van der Waals surface area contributed by atoms with E-state index in [1.54, 1.807) is 58.0 Å². The number of benzene rings is 2. The number of hydrogen-bond donors (Lipinski definition) is 2. The van der Waals surface area contributed by atoms with Gasteiger partial charge in [-0.2, -0.15) is 0 Å². The molecule has 0 aliphatic heterocycles. The zero-order valence-electron chi connectivity index (χ0n) is 16.6. The molecule has 0 fully saturated rings. The van der Waals surface area contributed by atoms with Gasteiger partial charge in [0, 0.05) is 48.0 Å². The molecule has 7 nitrogen and oxygen atoms in total. The highest BCUT2D eigenvalue weighted by Gasteiger charge is 2.14. The quantitative estimate of drug-likeness (QED) is 0.606. The van der Waals surface area contributed by atoms with E-state index in [2.05, 4.69) is 15.6 Å². The van der Waals surface area contributed by atoms with Gasteiger partial charge in [0.2, 0.25) is 5.75 Å². The van der Waals surface area contributed by atoms with Crippen LogP contribution in [-0.2, 0) is 6.54 Å². The van der Waals surface area contributed by atoms with Crippen LogP contribution in [-0.4, -0.2) is 32.2 Å². The number of hydrogen-bond acceptors (Lipinski definition) is 6. The Morgan fingerprint density at radius 2 is 1.69 bits per heavy atom. The SMILES string of the molecule is COc1cc(Nc2cccc(C(=O)NCc3cccnc3)c2)cc(OC)c1OC. The normalized spacial score (nSPS) is 10.2. The summed E-state index contributed by atoms with van der Waals surface area (Å²) in [6.45, 7) is 0.414. The molecular formula is C22H23N3O4. The highest BCUT2D eigenvalue weighted by molar-refractivity contribution is 5.95. The van der Waals surface area contributed by atoms with Crippen LogP contribution in [0.5, 0.6) is 17.2 Å². The summed E-state index contributed by atoms with van der Waals surface area (Å²) in [7, 11) is 4.68.